The Kier molecular flexibility index (Phi) is 2.23. The summed E-state index contributed by atoms with van der Waals surface area (Å²) in [5, 5.41) is 0. The quantitative estimate of drug-likeness (QED) is 0.677. The number of hydrogen-bond donors (Lipinski definition) is 0. The van der Waals surface area contributed by atoms with E-state index in [-0.39, 0.29) is 5.41 Å². The van der Waals surface area contributed by atoms with Crippen LogP contribution in [0.5, 0.6) is 0 Å². The van der Waals surface area contributed by atoms with Gasteiger partial charge < -0.3 is 4.42 Å². The highest BCUT2D eigenvalue weighted by atomic mass is 32.1. The highest BCUT2D eigenvalue weighted by Crippen LogP contribution is 2.34. The fourth-order valence-corrected chi connectivity index (χ4v) is 2.32. The second kappa shape index (κ2) is 3.28. The standard InChI is InChI=1S/C12H14OS/c1-12(2,3)11-7-6-10(14-11)9-5-4-8-13-9/h4-8H,1-3H3. The second-order valence-corrected chi connectivity index (χ2v) is 5.47. The van der Waals surface area contributed by atoms with E-state index in [0.29, 0.717) is 0 Å². The molecule has 2 heteroatoms. The van der Waals surface area contributed by atoms with Crippen molar-refractivity contribution in [2.24, 2.45) is 0 Å². The molecular weight excluding hydrogens is 192 g/mol. The lowest BCUT2D eigenvalue weighted by atomic mass is 9.95. The first-order chi connectivity index (χ1) is 6.57. The lowest BCUT2D eigenvalue weighted by Gasteiger charge is -2.15. The molecule has 0 amide bonds. The molecule has 0 aromatic carbocycles. The lowest BCUT2D eigenvalue weighted by molar-refractivity contribution is 0.584. The summed E-state index contributed by atoms with van der Waals surface area (Å²) in [5.74, 6) is 0.963. The summed E-state index contributed by atoms with van der Waals surface area (Å²) in [6.07, 6.45) is 1.71. The van der Waals surface area contributed by atoms with Crippen LogP contribution >= 0.6 is 11.3 Å². The van der Waals surface area contributed by atoms with Crippen molar-refractivity contribution in [2.75, 3.05) is 0 Å². The van der Waals surface area contributed by atoms with Gasteiger partial charge in [-0.25, -0.2) is 0 Å². The maximum Gasteiger partial charge on any atom is 0.143 e. The van der Waals surface area contributed by atoms with Crippen molar-refractivity contribution >= 4 is 11.3 Å². The summed E-state index contributed by atoms with van der Waals surface area (Å²) in [4.78, 5) is 2.60. The lowest BCUT2D eigenvalue weighted by Crippen LogP contribution is -2.07. The zero-order valence-electron chi connectivity index (χ0n) is 8.70. The predicted molar refractivity (Wildman–Crippen MR) is 60.7 cm³/mol. The van der Waals surface area contributed by atoms with Gasteiger partial charge in [-0.15, -0.1) is 11.3 Å². The van der Waals surface area contributed by atoms with Gasteiger partial charge in [-0.05, 0) is 29.7 Å². The number of rotatable bonds is 1. The number of furan rings is 1. The molecule has 0 aliphatic heterocycles. The number of thiophene rings is 1. The first-order valence-corrected chi connectivity index (χ1v) is 5.53. The van der Waals surface area contributed by atoms with Gasteiger partial charge in [-0.1, -0.05) is 20.8 Å². The minimum Gasteiger partial charge on any atom is -0.464 e. The maximum atomic E-state index is 5.36. The normalized spacial score (nSPS) is 11.9. The van der Waals surface area contributed by atoms with Crippen LogP contribution in [0.2, 0.25) is 0 Å². The van der Waals surface area contributed by atoms with Crippen molar-refractivity contribution in [3.63, 3.8) is 0 Å². The Labute approximate surface area is 88.4 Å². The van der Waals surface area contributed by atoms with E-state index >= 15 is 0 Å². The average Bonchev–Trinajstić information content (AvgIpc) is 2.73. The van der Waals surface area contributed by atoms with Gasteiger partial charge >= 0.3 is 0 Å². The maximum absolute atomic E-state index is 5.36. The molecule has 0 bridgehead atoms. The average molecular weight is 206 g/mol. The molecule has 0 N–H and O–H groups in total. The smallest absolute Gasteiger partial charge is 0.143 e. The van der Waals surface area contributed by atoms with Crippen molar-refractivity contribution in [1.29, 1.82) is 0 Å². The summed E-state index contributed by atoms with van der Waals surface area (Å²) in [7, 11) is 0. The van der Waals surface area contributed by atoms with Crippen LogP contribution in [0.1, 0.15) is 25.6 Å². The van der Waals surface area contributed by atoms with Crippen LogP contribution in [-0.2, 0) is 5.41 Å². The Balaban J connectivity index is 2.36. The predicted octanol–water partition coefficient (Wildman–Crippen LogP) is 4.31. The molecule has 2 aromatic rings. The van der Waals surface area contributed by atoms with E-state index in [1.807, 2.05) is 12.1 Å². The Morgan fingerprint density at radius 1 is 1.14 bits per heavy atom. The molecule has 0 radical (unpaired) electrons. The molecule has 2 heterocycles. The van der Waals surface area contributed by atoms with E-state index < -0.39 is 0 Å². The van der Waals surface area contributed by atoms with E-state index in [1.54, 1.807) is 17.6 Å². The third kappa shape index (κ3) is 1.75. The molecule has 2 aromatic heterocycles. The van der Waals surface area contributed by atoms with Gasteiger partial charge in [0.05, 0.1) is 11.1 Å². The molecule has 1 nitrogen and oxygen atoms in total. The largest absolute Gasteiger partial charge is 0.464 e. The first-order valence-electron chi connectivity index (χ1n) is 4.71. The fraction of sp³-hybridized carbons (Fsp3) is 0.333. The fourth-order valence-electron chi connectivity index (χ4n) is 1.29. The van der Waals surface area contributed by atoms with Crippen molar-refractivity contribution in [2.45, 2.75) is 26.2 Å². The highest BCUT2D eigenvalue weighted by Gasteiger charge is 2.16. The van der Waals surface area contributed by atoms with Gasteiger partial charge in [0.15, 0.2) is 0 Å². The van der Waals surface area contributed by atoms with Crippen LogP contribution in [0.15, 0.2) is 34.9 Å². The molecule has 0 saturated heterocycles. The van der Waals surface area contributed by atoms with E-state index in [4.69, 9.17) is 4.42 Å². The zero-order valence-corrected chi connectivity index (χ0v) is 9.52. The van der Waals surface area contributed by atoms with E-state index in [9.17, 15) is 0 Å². The van der Waals surface area contributed by atoms with E-state index in [0.717, 1.165) is 5.76 Å². The van der Waals surface area contributed by atoms with Crippen LogP contribution in [0.25, 0.3) is 10.6 Å². The molecule has 0 saturated carbocycles. The van der Waals surface area contributed by atoms with Crippen LogP contribution in [0, 0.1) is 0 Å². The Morgan fingerprint density at radius 3 is 2.43 bits per heavy atom. The molecule has 14 heavy (non-hydrogen) atoms. The van der Waals surface area contributed by atoms with Crippen molar-refractivity contribution in [3.8, 4) is 10.6 Å². The van der Waals surface area contributed by atoms with E-state index in [1.165, 1.54) is 9.75 Å². The van der Waals surface area contributed by atoms with Crippen LogP contribution < -0.4 is 0 Å². The van der Waals surface area contributed by atoms with E-state index in [2.05, 4.69) is 32.9 Å². The number of hydrogen-bond acceptors (Lipinski definition) is 2. The van der Waals surface area contributed by atoms with Gasteiger partial charge in [0.2, 0.25) is 0 Å². The molecule has 0 unspecified atom stereocenters. The van der Waals surface area contributed by atoms with Crippen molar-refractivity contribution < 1.29 is 4.42 Å². The van der Waals surface area contributed by atoms with Crippen LogP contribution in [0.4, 0.5) is 0 Å². The minimum absolute atomic E-state index is 0.232. The molecule has 0 aliphatic carbocycles. The van der Waals surface area contributed by atoms with Gasteiger partial charge in [-0.3, -0.25) is 0 Å². The molecule has 0 fully saturated rings. The monoisotopic (exact) mass is 206 g/mol. The summed E-state index contributed by atoms with van der Waals surface area (Å²) >= 11 is 1.80. The van der Waals surface area contributed by atoms with Gasteiger partial charge in [0.1, 0.15) is 5.76 Å². The molecular formula is C12H14OS. The molecule has 0 aliphatic rings. The van der Waals surface area contributed by atoms with Crippen molar-refractivity contribution in [3.05, 3.63) is 35.4 Å². The summed E-state index contributed by atoms with van der Waals surface area (Å²) in [6.45, 7) is 6.68. The Morgan fingerprint density at radius 2 is 1.93 bits per heavy atom. The summed E-state index contributed by atoms with van der Waals surface area (Å²) in [5.41, 5.74) is 0.232. The van der Waals surface area contributed by atoms with Gasteiger partial charge in [0.25, 0.3) is 0 Å². The SMILES string of the molecule is CC(C)(C)c1ccc(-c2ccco2)s1. The van der Waals surface area contributed by atoms with Gasteiger partial charge in [-0.2, -0.15) is 0 Å². The zero-order chi connectivity index (χ0) is 10.2. The van der Waals surface area contributed by atoms with Crippen LogP contribution in [-0.4, -0.2) is 0 Å². The highest BCUT2D eigenvalue weighted by molar-refractivity contribution is 7.15. The first kappa shape index (κ1) is 9.53. The summed E-state index contributed by atoms with van der Waals surface area (Å²) < 4.78 is 5.36. The summed E-state index contributed by atoms with van der Waals surface area (Å²) in [6, 6.07) is 8.23. The minimum atomic E-state index is 0.232. The third-order valence-corrected chi connectivity index (χ3v) is 3.63. The van der Waals surface area contributed by atoms with Crippen molar-refractivity contribution in [1.82, 2.24) is 0 Å². The molecule has 74 valence electrons. The second-order valence-electron chi connectivity index (χ2n) is 4.39. The topological polar surface area (TPSA) is 13.1 Å². The Bertz CT molecular complexity index is 404. The molecule has 2 rings (SSSR count). The van der Waals surface area contributed by atoms with Crippen LogP contribution in [0.3, 0.4) is 0 Å². The third-order valence-electron chi connectivity index (χ3n) is 2.11. The Hall–Kier alpha value is -1.02. The molecule has 0 atom stereocenters. The molecule has 0 spiro atoms. The van der Waals surface area contributed by atoms with Gasteiger partial charge in [0, 0.05) is 4.88 Å².